The second-order valence-corrected chi connectivity index (χ2v) is 12.3. The molecule has 1 aromatic rings. The smallest absolute Gasteiger partial charge is 0.102 e. The van der Waals surface area contributed by atoms with Crippen LogP contribution in [0.15, 0.2) is 12.4 Å². The zero-order valence-electron chi connectivity index (χ0n) is 20.9. The summed E-state index contributed by atoms with van der Waals surface area (Å²) in [5.74, 6) is 5.47. The van der Waals surface area contributed by atoms with E-state index in [1.165, 1.54) is 44.9 Å². The number of hydrogen-bond acceptors (Lipinski definition) is 4. The van der Waals surface area contributed by atoms with Gasteiger partial charge < -0.3 is 9.84 Å². The molecule has 5 rings (SSSR count). The normalized spacial score (nSPS) is 43.2. The van der Waals surface area contributed by atoms with E-state index in [4.69, 9.17) is 10.00 Å². The standard InChI is InChI=1S/C28H43N3O2/c1-4-33-18-28(32)12-10-22-21(13-28)5-6-24-23(22)9-11-27(3)25(7-8-26(24)27)19(2)16-31-17-20(14-29)15-30-31/h15,17,19,21-26,32H,4-13,16,18H2,1-3H3/t19-,21+,22-,23+,24+,25+,26-,27+,28+/m0/s1. The highest BCUT2D eigenvalue weighted by atomic mass is 16.5. The van der Waals surface area contributed by atoms with Crippen molar-refractivity contribution >= 4 is 0 Å². The Balaban J connectivity index is 1.26. The molecule has 0 bridgehead atoms. The van der Waals surface area contributed by atoms with E-state index in [2.05, 4.69) is 25.0 Å². The second-order valence-electron chi connectivity index (χ2n) is 12.3. The molecule has 0 aromatic carbocycles. The van der Waals surface area contributed by atoms with Gasteiger partial charge in [0, 0.05) is 19.3 Å². The van der Waals surface area contributed by atoms with Gasteiger partial charge in [-0.15, -0.1) is 0 Å². The predicted molar refractivity (Wildman–Crippen MR) is 128 cm³/mol. The van der Waals surface area contributed by atoms with Crippen LogP contribution >= 0.6 is 0 Å². The lowest BCUT2D eigenvalue weighted by Gasteiger charge is -2.57. The SMILES string of the molecule is CCOC[C@@]1(O)CC[C@H]2[C@H](CC[C@@H]3[C@@H]2CC[C@]2(C)[C@@H]([C@@H](C)Cn4cc(C#N)cn4)CC[C@@H]32)C1. The molecule has 4 fully saturated rings. The molecule has 1 heterocycles. The molecule has 1 N–H and O–H groups in total. The molecule has 5 nitrogen and oxygen atoms in total. The minimum Gasteiger partial charge on any atom is -0.387 e. The minimum absolute atomic E-state index is 0.447. The van der Waals surface area contributed by atoms with Crippen LogP contribution in [0.4, 0.5) is 0 Å². The Labute approximate surface area is 199 Å². The van der Waals surface area contributed by atoms with Gasteiger partial charge in [0.15, 0.2) is 0 Å². The topological polar surface area (TPSA) is 71.1 Å². The van der Waals surface area contributed by atoms with Crippen LogP contribution < -0.4 is 0 Å². The maximum atomic E-state index is 11.1. The van der Waals surface area contributed by atoms with E-state index in [-0.39, 0.29) is 0 Å². The molecular weight excluding hydrogens is 410 g/mol. The van der Waals surface area contributed by atoms with Gasteiger partial charge in [0.2, 0.25) is 0 Å². The number of nitrogens with zero attached hydrogens (tertiary/aromatic N) is 3. The Kier molecular flexibility index (Phi) is 6.38. The Morgan fingerprint density at radius 1 is 1.18 bits per heavy atom. The summed E-state index contributed by atoms with van der Waals surface area (Å²) in [6.45, 7) is 9.18. The highest BCUT2D eigenvalue weighted by Crippen LogP contribution is 2.65. The van der Waals surface area contributed by atoms with Crippen molar-refractivity contribution in [3.63, 3.8) is 0 Å². The first kappa shape index (κ1) is 23.4. The molecule has 182 valence electrons. The average molecular weight is 454 g/mol. The molecule has 4 saturated carbocycles. The number of fused-ring (bicyclic) bond motifs is 5. The third-order valence-electron chi connectivity index (χ3n) is 10.7. The van der Waals surface area contributed by atoms with Crippen molar-refractivity contribution in [1.82, 2.24) is 9.78 Å². The summed E-state index contributed by atoms with van der Waals surface area (Å²) in [6, 6.07) is 2.21. The fourth-order valence-electron chi connectivity index (χ4n) is 9.30. The lowest BCUT2D eigenvalue weighted by molar-refractivity contribution is -0.129. The van der Waals surface area contributed by atoms with Crippen LogP contribution in [0.3, 0.4) is 0 Å². The Morgan fingerprint density at radius 3 is 2.76 bits per heavy atom. The van der Waals surface area contributed by atoms with Crippen molar-refractivity contribution in [3.05, 3.63) is 18.0 Å². The molecule has 0 spiro atoms. The van der Waals surface area contributed by atoms with Crippen molar-refractivity contribution in [3.8, 4) is 6.07 Å². The summed E-state index contributed by atoms with van der Waals surface area (Å²) in [6.07, 6.45) is 14.8. The van der Waals surface area contributed by atoms with Gasteiger partial charge in [0.1, 0.15) is 6.07 Å². The van der Waals surface area contributed by atoms with E-state index in [9.17, 15) is 5.11 Å². The molecule has 0 radical (unpaired) electrons. The van der Waals surface area contributed by atoms with Crippen LogP contribution in [-0.2, 0) is 11.3 Å². The van der Waals surface area contributed by atoms with E-state index >= 15 is 0 Å². The molecule has 4 aliphatic carbocycles. The van der Waals surface area contributed by atoms with E-state index in [1.54, 1.807) is 6.20 Å². The molecule has 0 unspecified atom stereocenters. The van der Waals surface area contributed by atoms with E-state index < -0.39 is 5.60 Å². The van der Waals surface area contributed by atoms with Gasteiger partial charge in [-0.25, -0.2) is 0 Å². The van der Waals surface area contributed by atoms with Crippen molar-refractivity contribution in [2.75, 3.05) is 13.2 Å². The highest BCUT2D eigenvalue weighted by molar-refractivity contribution is 5.21. The quantitative estimate of drug-likeness (QED) is 0.624. The summed E-state index contributed by atoms with van der Waals surface area (Å²) in [5.41, 5.74) is 0.526. The van der Waals surface area contributed by atoms with Gasteiger partial charge in [-0.05, 0) is 112 Å². The molecule has 1 aromatic heterocycles. The van der Waals surface area contributed by atoms with Crippen molar-refractivity contribution in [2.45, 2.75) is 90.7 Å². The summed E-state index contributed by atoms with van der Waals surface area (Å²) >= 11 is 0. The van der Waals surface area contributed by atoms with Crippen LogP contribution in [0.25, 0.3) is 0 Å². The predicted octanol–water partition coefficient (Wildman–Crippen LogP) is 5.43. The molecule has 0 saturated heterocycles. The zero-order chi connectivity index (χ0) is 23.2. The lowest BCUT2D eigenvalue weighted by atomic mass is 9.48. The van der Waals surface area contributed by atoms with Gasteiger partial charge in [-0.1, -0.05) is 13.8 Å². The van der Waals surface area contributed by atoms with E-state index in [1.807, 2.05) is 17.8 Å². The summed E-state index contributed by atoms with van der Waals surface area (Å²) in [5, 5.41) is 24.7. The molecule has 33 heavy (non-hydrogen) atoms. The monoisotopic (exact) mass is 453 g/mol. The van der Waals surface area contributed by atoms with Crippen LogP contribution in [0.1, 0.15) is 84.1 Å². The van der Waals surface area contributed by atoms with E-state index in [0.717, 1.165) is 49.0 Å². The molecule has 0 amide bonds. The number of nitriles is 1. The molecule has 0 aliphatic heterocycles. The fraction of sp³-hybridized carbons (Fsp3) is 0.857. The van der Waals surface area contributed by atoms with Crippen LogP contribution in [-0.4, -0.2) is 33.7 Å². The first-order valence-electron chi connectivity index (χ1n) is 13.6. The number of rotatable bonds is 6. The number of ether oxygens (including phenoxy) is 1. The molecule has 4 aliphatic rings. The lowest BCUT2D eigenvalue weighted by Crippen LogP contribution is -2.52. The third kappa shape index (κ3) is 4.16. The first-order chi connectivity index (χ1) is 15.9. The van der Waals surface area contributed by atoms with E-state index in [0.29, 0.717) is 36.0 Å². The van der Waals surface area contributed by atoms with Crippen LogP contribution in [0, 0.1) is 58.2 Å². The summed E-state index contributed by atoms with van der Waals surface area (Å²) in [4.78, 5) is 0. The maximum absolute atomic E-state index is 11.1. The number of aromatic nitrogens is 2. The number of aliphatic hydroxyl groups is 1. The Morgan fingerprint density at radius 2 is 2.00 bits per heavy atom. The fourth-order valence-corrected chi connectivity index (χ4v) is 9.30. The minimum atomic E-state index is -0.584. The van der Waals surface area contributed by atoms with Gasteiger partial charge >= 0.3 is 0 Å². The summed E-state index contributed by atoms with van der Waals surface area (Å²) < 4.78 is 7.63. The maximum Gasteiger partial charge on any atom is 0.102 e. The highest BCUT2D eigenvalue weighted by Gasteiger charge is 2.58. The van der Waals surface area contributed by atoms with Crippen molar-refractivity contribution in [1.29, 1.82) is 5.26 Å². The van der Waals surface area contributed by atoms with Crippen LogP contribution in [0.5, 0.6) is 0 Å². The molecular formula is C28H43N3O2. The Bertz CT molecular complexity index is 877. The first-order valence-corrected chi connectivity index (χ1v) is 13.6. The number of hydrogen-bond donors (Lipinski definition) is 1. The second kappa shape index (κ2) is 9.00. The largest absolute Gasteiger partial charge is 0.387 e. The van der Waals surface area contributed by atoms with Crippen molar-refractivity contribution < 1.29 is 9.84 Å². The van der Waals surface area contributed by atoms with Crippen molar-refractivity contribution in [2.24, 2.45) is 46.8 Å². The van der Waals surface area contributed by atoms with Gasteiger partial charge in [0.25, 0.3) is 0 Å². The molecule has 5 heteroatoms. The summed E-state index contributed by atoms with van der Waals surface area (Å²) in [7, 11) is 0. The van der Waals surface area contributed by atoms with Gasteiger partial charge in [-0.3, -0.25) is 4.68 Å². The molecule has 9 atom stereocenters. The van der Waals surface area contributed by atoms with Gasteiger partial charge in [0.05, 0.1) is 24.0 Å². The zero-order valence-corrected chi connectivity index (χ0v) is 20.9. The Hall–Kier alpha value is -1.38. The average Bonchev–Trinajstić information content (AvgIpc) is 3.40. The third-order valence-corrected chi connectivity index (χ3v) is 10.7. The van der Waals surface area contributed by atoms with Crippen LogP contribution in [0.2, 0.25) is 0 Å². The van der Waals surface area contributed by atoms with Gasteiger partial charge in [-0.2, -0.15) is 10.4 Å².